The van der Waals surface area contributed by atoms with Crippen LogP contribution in [0.1, 0.15) is 54.0 Å². The molecule has 8 heteroatoms. The minimum absolute atomic E-state index is 0.230. The van der Waals surface area contributed by atoms with Crippen LogP contribution in [-0.2, 0) is 9.53 Å². The van der Waals surface area contributed by atoms with Gasteiger partial charge in [-0.2, -0.15) is 0 Å². The van der Waals surface area contributed by atoms with Crippen LogP contribution >= 0.6 is 11.3 Å². The molecule has 0 spiro atoms. The van der Waals surface area contributed by atoms with Crippen LogP contribution in [0.2, 0.25) is 0 Å². The van der Waals surface area contributed by atoms with Gasteiger partial charge in [0.25, 0.3) is 11.5 Å². The molecule has 0 radical (unpaired) electrons. The summed E-state index contributed by atoms with van der Waals surface area (Å²) in [6.45, 7) is 8.96. The Kier molecular flexibility index (Phi) is 6.36. The number of carbonyl (C=O) groups is 2. The Bertz CT molecular complexity index is 1160. The zero-order valence-electron chi connectivity index (χ0n) is 17.7. The van der Waals surface area contributed by atoms with E-state index in [1.54, 1.807) is 20.8 Å². The number of nitrogens with one attached hydrogen (secondary N) is 1. The van der Waals surface area contributed by atoms with Gasteiger partial charge in [0, 0.05) is 5.69 Å². The van der Waals surface area contributed by atoms with E-state index in [-0.39, 0.29) is 17.6 Å². The summed E-state index contributed by atoms with van der Waals surface area (Å²) < 4.78 is 6.61. The molecule has 1 aromatic carbocycles. The van der Waals surface area contributed by atoms with E-state index < -0.39 is 12.0 Å². The standard InChI is InChI=1S/C22H25N3O4S/c1-6-13(3)29-22(28)15(5)25-11-23-20-17(21(25)27)14(4)18(30-20)19(26)24-16-10-8-7-9-12(16)2/h7-11,13,15H,6H2,1-5H3,(H,24,26)/t13-,15-/m1/s1. The molecule has 0 saturated heterocycles. The molecule has 7 nitrogen and oxygen atoms in total. The van der Waals surface area contributed by atoms with Gasteiger partial charge in [-0.25, -0.2) is 9.78 Å². The zero-order chi connectivity index (χ0) is 22.0. The Labute approximate surface area is 178 Å². The lowest BCUT2D eigenvalue weighted by molar-refractivity contribution is -0.152. The van der Waals surface area contributed by atoms with Crippen molar-refractivity contribution in [1.82, 2.24) is 9.55 Å². The van der Waals surface area contributed by atoms with E-state index in [0.29, 0.717) is 32.8 Å². The molecule has 0 aliphatic carbocycles. The first kappa shape index (κ1) is 21.7. The number of aryl methyl sites for hydroxylation is 2. The van der Waals surface area contributed by atoms with Crippen LogP contribution in [0.15, 0.2) is 35.4 Å². The summed E-state index contributed by atoms with van der Waals surface area (Å²) in [6, 6.07) is 6.67. The van der Waals surface area contributed by atoms with Gasteiger partial charge < -0.3 is 10.1 Å². The first-order chi connectivity index (χ1) is 14.2. The number of amides is 1. The zero-order valence-corrected chi connectivity index (χ0v) is 18.5. The number of para-hydroxylation sites is 1. The minimum atomic E-state index is -0.813. The largest absolute Gasteiger partial charge is 0.461 e. The fraction of sp³-hybridized carbons (Fsp3) is 0.364. The van der Waals surface area contributed by atoms with Crippen molar-refractivity contribution >= 4 is 39.1 Å². The van der Waals surface area contributed by atoms with E-state index in [9.17, 15) is 14.4 Å². The van der Waals surface area contributed by atoms with E-state index >= 15 is 0 Å². The molecule has 0 aliphatic rings. The van der Waals surface area contributed by atoms with E-state index in [4.69, 9.17) is 4.74 Å². The lowest BCUT2D eigenvalue weighted by atomic mass is 10.1. The van der Waals surface area contributed by atoms with Gasteiger partial charge in [0.2, 0.25) is 0 Å². The third kappa shape index (κ3) is 4.14. The van der Waals surface area contributed by atoms with Crippen LogP contribution in [0.3, 0.4) is 0 Å². The van der Waals surface area contributed by atoms with Crippen LogP contribution in [0.4, 0.5) is 5.69 Å². The number of aromatic nitrogens is 2. The summed E-state index contributed by atoms with van der Waals surface area (Å²) in [5, 5.41) is 3.24. The minimum Gasteiger partial charge on any atom is -0.461 e. The molecule has 30 heavy (non-hydrogen) atoms. The monoisotopic (exact) mass is 427 g/mol. The first-order valence-corrected chi connectivity index (χ1v) is 10.6. The van der Waals surface area contributed by atoms with Crippen LogP contribution in [0, 0.1) is 13.8 Å². The van der Waals surface area contributed by atoms with E-state index in [1.807, 2.05) is 38.1 Å². The number of ether oxygens (including phenoxy) is 1. The summed E-state index contributed by atoms with van der Waals surface area (Å²) >= 11 is 1.16. The number of carbonyl (C=O) groups excluding carboxylic acids is 2. The number of nitrogens with zero attached hydrogens (tertiary/aromatic N) is 2. The fourth-order valence-electron chi connectivity index (χ4n) is 3.02. The number of benzene rings is 1. The molecule has 1 N–H and O–H groups in total. The molecule has 0 bridgehead atoms. The Morgan fingerprint density at radius 3 is 2.60 bits per heavy atom. The lowest BCUT2D eigenvalue weighted by Crippen LogP contribution is -2.31. The molecule has 0 unspecified atom stereocenters. The van der Waals surface area contributed by atoms with E-state index in [0.717, 1.165) is 16.9 Å². The maximum Gasteiger partial charge on any atom is 0.329 e. The predicted octanol–water partition coefficient (Wildman–Crippen LogP) is 4.23. The highest BCUT2D eigenvalue weighted by Crippen LogP contribution is 2.28. The summed E-state index contributed by atoms with van der Waals surface area (Å²) in [5.41, 5.74) is 1.84. The van der Waals surface area contributed by atoms with Crippen molar-refractivity contribution in [2.24, 2.45) is 0 Å². The first-order valence-electron chi connectivity index (χ1n) is 9.82. The fourth-order valence-corrected chi connectivity index (χ4v) is 4.05. The molecular formula is C22H25N3O4S. The Morgan fingerprint density at radius 1 is 1.23 bits per heavy atom. The van der Waals surface area contributed by atoms with Crippen LogP contribution in [0.25, 0.3) is 10.2 Å². The highest BCUT2D eigenvalue weighted by atomic mass is 32.1. The van der Waals surface area contributed by atoms with Crippen molar-refractivity contribution in [1.29, 1.82) is 0 Å². The van der Waals surface area contributed by atoms with Crippen molar-refractivity contribution in [3.05, 3.63) is 57.0 Å². The molecule has 0 fully saturated rings. The van der Waals surface area contributed by atoms with Gasteiger partial charge in [0.1, 0.15) is 10.9 Å². The molecule has 3 rings (SSSR count). The van der Waals surface area contributed by atoms with Gasteiger partial charge in [-0.05, 0) is 51.3 Å². The topological polar surface area (TPSA) is 90.3 Å². The maximum absolute atomic E-state index is 13.1. The van der Waals surface area contributed by atoms with Gasteiger partial charge in [-0.15, -0.1) is 11.3 Å². The second kappa shape index (κ2) is 8.79. The molecule has 0 saturated carbocycles. The normalized spacial score (nSPS) is 13.1. The van der Waals surface area contributed by atoms with Crippen LogP contribution in [-0.4, -0.2) is 27.5 Å². The van der Waals surface area contributed by atoms with Crippen molar-refractivity contribution in [3.8, 4) is 0 Å². The maximum atomic E-state index is 13.1. The average Bonchev–Trinajstić information content (AvgIpc) is 3.06. The highest BCUT2D eigenvalue weighted by Gasteiger charge is 2.24. The quantitative estimate of drug-likeness (QED) is 0.595. The van der Waals surface area contributed by atoms with Crippen molar-refractivity contribution in [2.45, 2.75) is 53.2 Å². The smallest absolute Gasteiger partial charge is 0.329 e. The third-order valence-electron chi connectivity index (χ3n) is 5.13. The van der Waals surface area contributed by atoms with Gasteiger partial charge in [-0.3, -0.25) is 14.2 Å². The second-order valence-electron chi connectivity index (χ2n) is 7.29. The summed E-state index contributed by atoms with van der Waals surface area (Å²) in [5.74, 6) is -0.780. The number of fused-ring (bicyclic) bond motifs is 1. The van der Waals surface area contributed by atoms with Gasteiger partial charge in [0.15, 0.2) is 0 Å². The van der Waals surface area contributed by atoms with Crippen LogP contribution in [0.5, 0.6) is 0 Å². The number of anilines is 1. The molecule has 1 amide bonds. The van der Waals surface area contributed by atoms with E-state index in [1.165, 1.54) is 10.9 Å². The molecule has 2 aromatic heterocycles. The molecule has 3 aromatic rings. The third-order valence-corrected chi connectivity index (χ3v) is 6.32. The number of rotatable bonds is 6. The van der Waals surface area contributed by atoms with Crippen molar-refractivity contribution < 1.29 is 14.3 Å². The highest BCUT2D eigenvalue weighted by molar-refractivity contribution is 7.20. The lowest BCUT2D eigenvalue weighted by Gasteiger charge is -2.17. The molecule has 158 valence electrons. The molecule has 0 aliphatic heterocycles. The van der Waals surface area contributed by atoms with Crippen molar-refractivity contribution in [3.63, 3.8) is 0 Å². The number of esters is 1. The average molecular weight is 428 g/mol. The number of thiophene rings is 1. The molecule has 2 heterocycles. The van der Waals surface area contributed by atoms with Gasteiger partial charge in [0.05, 0.1) is 22.7 Å². The number of hydrogen-bond acceptors (Lipinski definition) is 6. The number of hydrogen-bond donors (Lipinski definition) is 1. The summed E-state index contributed by atoms with van der Waals surface area (Å²) in [4.78, 5) is 43.5. The van der Waals surface area contributed by atoms with Crippen LogP contribution < -0.4 is 10.9 Å². The molecular weight excluding hydrogens is 402 g/mol. The summed E-state index contributed by atoms with van der Waals surface area (Å²) in [7, 11) is 0. The van der Waals surface area contributed by atoms with Crippen molar-refractivity contribution in [2.75, 3.05) is 5.32 Å². The van der Waals surface area contributed by atoms with E-state index in [2.05, 4.69) is 10.3 Å². The summed E-state index contributed by atoms with van der Waals surface area (Å²) in [6.07, 6.45) is 1.80. The Hall–Kier alpha value is -3.00. The molecule has 2 atom stereocenters. The Balaban J connectivity index is 1.96. The second-order valence-corrected chi connectivity index (χ2v) is 8.29. The SMILES string of the molecule is CC[C@@H](C)OC(=O)[C@@H](C)n1cnc2sc(C(=O)Nc3ccccc3C)c(C)c2c1=O. The predicted molar refractivity (Wildman–Crippen MR) is 118 cm³/mol. The van der Waals surface area contributed by atoms with Gasteiger partial charge in [-0.1, -0.05) is 25.1 Å². The van der Waals surface area contributed by atoms with Gasteiger partial charge >= 0.3 is 5.97 Å². The Morgan fingerprint density at radius 2 is 1.93 bits per heavy atom.